The highest BCUT2D eigenvalue weighted by molar-refractivity contribution is 7.92. The van der Waals surface area contributed by atoms with Crippen LogP contribution in [0, 0.1) is 0 Å². The van der Waals surface area contributed by atoms with Gasteiger partial charge in [-0.2, -0.15) is 0 Å². The van der Waals surface area contributed by atoms with Crippen LogP contribution < -0.4 is 19.1 Å². The second-order valence-electron chi connectivity index (χ2n) is 6.94. The van der Waals surface area contributed by atoms with Crippen LogP contribution in [0.3, 0.4) is 0 Å². The van der Waals surface area contributed by atoms with Gasteiger partial charge in [-0.3, -0.25) is 9.10 Å². The van der Waals surface area contributed by atoms with Crippen LogP contribution in [0.1, 0.15) is 13.8 Å². The van der Waals surface area contributed by atoms with Crippen molar-refractivity contribution in [3.8, 4) is 5.75 Å². The Morgan fingerprint density at radius 2 is 1.81 bits per heavy atom. The molecule has 0 unspecified atom stereocenters. The van der Waals surface area contributed by atoms with Gasteiger partial charge in [0, 0.05) is 11.1 Å². The first-order chi connectivity index (χ1) is 14.3. The van der Waals surface area contributed by atoms with E-state index in [0.29, 0.717) is 5.02 Å². The van der Waals surface area contributed by atoms with Crippen LogP contribution in [0.4, 0.5) is 11.4 Å². The number of hydrogen-bond donors (Lipinski definition) is 2. The van der Waals surface area contributed by atoms with E-state index in [-0.39, 0.29) is 28.1 Å². The minimum absolute atomic E-state index is 0.0767. The number of rotatable bonds is 9. The van der Waals surface area contributed by atoms with Crippen molar-refractivity contribution >= 4 is 48.9 Å². The molecule has 2 aromatic carbocycles. The molecule has 0 fully saturated rings. The maximum atomic E-state index is 12.7. The third-order valence-electron chi connectivity index (χ3n) is 3.93. The van der Waals surface area contributed by atoms with E-state index in [1.165, 1.54) is 37.4 Å². The van der Waals surface area contributed by atoms with E-state index >= 15 is 0 Å². The molecule has 12 heteroatoms. The monoisotopic (exact) mass is 489 g/mol. The number of sulfonamides is 2. The first kappa shape index (κ1) is 24.9. The quantitative estimate of drug-likeness (QED) is 0.558. The van der Waals surface area contributed by atoms with E-state index in [2.05, 4.69) is 10.0 Å². The van der Waals surface area contributed by atoms with E-state index < -0.39 is 32.5 Å². The summed E-state index contributed by atoms with van der Waals surface area (Å²) in [6.07, 6.45) is 0.965. The number of amides is 1. The predicted octanol–water partition coefficient (Wildman–Crippen LogP) is 2.44. The third kappa shape index (κ3) is 6.82. The molecule has 0 aliphatic carbocycles. The van der Waals surface area contributed by atoms with Gasteiger partial charge in [0.1, 0.15) is 12.3 Å². The van der Waals surface area contributed by atoms with Gasteiger partial charge in [-0.25, -0.2) is 21.6 Å². The van der Waals surface area contributed by atoms with E-state index in [1.54, 1.807) is 26.0 Å². The first-order valence-electron chi connectivity index (χ1n) is 9.07. The van der Waals surface area contributed by atoms with E-state index in [0.717, 1.165) is 10.6 Å². The number of methoxy groups -OCH3 is 1. The van der Waals surface area contributed by atoms with Crippen molar-refractivity contribution in [2.45, 2.75) is 24.8 Å². The number of nitrogens with one attached hydrogen (secondary N) is 2. The Hall–Kier alpha value is -2.34. The predicted molar refractivity (Wildman–Crippen MR) is 121 cm³/mol. The summed E-state index contributed by atoms with van der Waals surface area (Å²) in [6, 6.07) is 9.72. The normalized spacial score (nSPS) is 11.9. The van der Waals surface area contributed by atoms with Gasteiger partial charge in [-0.1, -0.05) is 17.7 Å². The van der Waals surface area contributed by atoms with Crippen molar-refractivity contribution in [3.63, 3.8) is 0 Å². The highest BCUT2D eigenvalue weighted by Crippen LogP contribution is 2.28. The molecule has 31 heavy (non-hydrogen) atoms. The molecular formula is C19H24ClN3O6S2. The van der Waals surface area contributed by atoms with Crippen molar-refractivity contribution in [3.05, 3.63) is 47.5 Å². The van der Waals surface area contributed by atoms with E-state index in [4.69, 9.17) is 16.3 Å². The van der Waals surface area contributed by atoms with Gasteiger partial charge in [0.2, 0.25) is 26.0 Å². The number of carbonyl (C=O) groups is 1. The van der Waals surface area contributed by atoms with Gasteiger partial charge in [-0.05, 0) is 50.2 Å². The molecule has 2 aromatic rings. The molecule has 0 saturated heterocycles. The summed E-state index contributed by atoms with van der Waals surface area (Å²) in [7, 11) is -6.26. The third-order valence-corrected chi connectivity index (χ3v) is 6.96. The van der Waals surface area contributed by atoms with Crippen molar-refractivity contribution in [2.24, 2.45) is 0 Å². The summed E-state index contributed by atoms with van der Waals surface area (Å²) < 4.78 is 57.9. The zero-order valence-corrected chi connectivity index (χ0v) is 19.8. The van der Waals surface area contributed by atoms with Crippen molar-refractivity contribution < 1.29 is 26.4 Å². The molecule has 1 amide bonds. The van der Waals surface area contributed by atoms with Crippen LogP contribution in [0.2, 0.25) is 5.02 Å². The van der Waals surface area contributed by atoms with Gasteiger partial charge in [0.05, 0.1) is 29.6 Å². The minimum atomic E-state index is -3.81. The van der Waals surface area contributed by atoms with Crippen molar-refractivity contribution in [2.75, 3.05) is 29.5 Å². The average molecular weight is 490 g/mol. The first-order valence-corrected chi connectivity index (χ1v) is 12.8. The molecule has 0 aliphatic heterocycles. The van der Waals surface area contributed by atoms with Crippen LogP contribution in [0.5, 0.6) is 5.75 Å². The van der Waals surface area contributed by atoms with Crippen molar-refractivity contribution in [1.82, 2.24) is 4.72 Å². The average Bonchev–Trinajstić information content (AvgIpc) is 2.64. The molecule has 0 heterocycles. The lowest BCUT2D eigenvalue weighted by atomic mass is 10.3. The largest absolute Gasteiger partial charge is 0.495 e. The fourth-order valence-corrected chi connectivity index (χ4v) is 4.99. The Morgan fingerprint density at radius 1 is 1.13 bits per heavy atom. The lowest BCUT2D eigenvalue weighted by Crippen LogP contribution is -2.37. The zero-order valence-electron chi connectivity index (χ0n) is 17.4. The number of carbonyl (C=O) groups excluding carboxylic acids is 1. The molecule has 0 aliphatic rings. The lowest BCUT2D eigenvalue weighted by molar-refractivity contribution is -0.114. The number of nitrogens with zero attached hydrogens (tertiary/aromatic N) is 1. The SMILES string of the molecule is COc1ccc(S(=O)(=O)NC(C)C)cc1NC(=O)CN(c1cccc(Cl)c1)S(C)(=O)=O. The Kier molecular flexibility index (Phi) is 7.93. The maximum Gasteiger partial charge on any atom is 0.245 e. The van der Waals surface area contributed by atoms with Crippen LogP contribution in [0.25, 0.3) is 0 Å². The summed E-state index contributed by atoms with van der Waals surface area (Å²) in [5.41, 5.74) is 0.299. The molecule has 0 spiro atoms. The number of ether oxygens (including phenoxy) is 1. The van der Waals surface area contributed by atoms with Crippen LogP contribution in [0.15, 0.2) is 47.4 Å². The van der Waals surface area contributed by atoms with Gasteiger partial charge >= 0.3 is 0 Å². The fraction of sp³-hybridized carbons (Fsp3) is 0.316. The fourth-order valence-electron chi connectivity index (χ4n) is 2.68. The molecule has 0 saturated carbocycles. The number of benzene rings is 2. The Morgan fingerprint density at radius 3 is 2.35 bits per heavy atom. The van der Waals surface area contributed by atoms with Gasteiger partial charge in [-0.15, -0.1) is 0 Å². The van der Waals surface area contributed by atoms with Gasteiger partial charge in [0.25, 0.3) is 0 Å². The molecular weight excluding hydrogens is 466 g/mol. The summed E-state index contributed by atoms with van der Waals surface area (Å²) in [4.78, 5) is 12.6. The maximum absolute atomic E-state index is 12.7. The van der Waals surface area contributed by atoms with Crippen molar-refractivity contribution in [1.29, 1.82) is 0 Å². The number of hydrogen-bond acceptors (Lipinski definition) is 6. The summed E-state index contributed by atoms with van der Waals surface area (Å²) in [6.45, 7) is 2.81. The molecule has 170 valence electrons. The van der Waals surface area contributed by atoms with Gasteiger partial charge < -0.3 is 10.1 Å². The summed E-state index contributed by atoms with van der Waals surface area (Å²) >= 11 is 5.94. The number of anilines is 2. The van der Waals surface area contributed by atoms with Crippen LogP contribution in [-0.2, 0) is 24.8 Å². The zero-order chi connectivity index (χ0) is 23.4. The Bertz CT molecular complexity index is 1170. The van der Waals surface area contributed by atoms with Crippen LogP contribution >= 0.6 is 11.6 Å². The second-order valence-corrected chi connectivity index (χ2v) is 11.0. The lowest BCUT2D eigenvalue weighted by Gasteiger charge is -2.22. The van der Waals surface area contributed by atoms with Crippen LogP contribution in [-0.4, -0.2) is 48.7 Å². The second kappa shape index (κ2) is 9.86. The van der Waals surface area contributed by atoms with E-state index in [1.807, 2.05) is 0 Å². The number of halogens is 1. The van der Waals surface area contributed by atoms with Gasteiger partial charge in [0.15, 0.2) is 0 Å². The standard InChI is InChI=1S/C19H24ClN3O6S2/c1-13(2)22-31(27,28)16-8-9-18(29-3)17(11-16)21-19(24)12-23(30(4,25)26)15-7-5-6-14(20)10-15/h5-11,13,22H,12H2,1-4H3,(H,21,24). The molecule has 9 nitrogen and oxygen atoms in total. The molecule has 2 rings (SSSR count). The topological polar surface area (TPSA) is 122 Å². The summed E-state index contributed by atoms with van der Waals surface area (Å²) in [5.74, 6) is -0.486. The Balaban J connectivity index is 2.34. The highest BCUT2D eigenvalue weighted by atomic mass is 35.5. The molecule has 0 bridgehead atoms. The van der Waals surface area contributed by atoms with E-state index in [9.17, 15) is 21.6 Å². The molecule has 0 atom stereocenters. The highest BCUT2D eigenvalue weighted by Gasteiger charge is 2.23. The minimum Gasteiger partial charge on any atom is -0.495 e. The smallest absolute Gasteiger partial charge is 0.245 e. The molecule has 2 N–H and O–H groups in total. The summed E-state index contributed by atoms with van der Waals surface area (Å²) in [5, 5.41) is 2.83. The molecule has 0 radical (unpaired) electrons. The Labute approximate surface area is 187 Å². The molecule has 0 aromatic heterocycles.